The molecular formula is C23H25F3N4O2. The van der Waals surface area contributed by atoms with Gasteiger partial charge in [-0.1, -0.05) is 18.2 Å². The van der Waals surface area contributed by atoms with Gasteiger partial charge >= 0.3 is 6.18 Å². The Balaban J connectivity index is 1.67. The Bertz CT molecular complexity index is 1060. The summed E-state index contributed by atoms with van der Waals surface area (Å²) >= 11 is 0. The van der Waals surface area contributed by atoms with Gasteiger partial charge in [-0.25, -0.2) is 4.98 Å². The van der Waals surface area contributed by atoms with Crippen molar-refractivity contribution in [2.45, 2.75) is 38.5 Å². The number of fused-ring (bicyclic) bond motifs is 1. The van der Waals surface area contributed by atoms with Crippen LogP contribution >= 0.6 is 0 Å². The highest BCUT2D eigenvalue weighted by atomic mass is 19.4. The number of aromatic nitrogens is 3. The molecule has 0 saturated carbocycles. The van der Waals surface area contributed by atoms with E-state index in [9.17, 15) is 18.0 Å². The van der Waals surface area contributed by atoms with Crippen LogP contribution in [0.2, 0.25) is 0 Å². The van der Waals surface area contributed by atoms with Gasteiger partial charge in [0.15, 0.2) is 0 Å². The van der Waals surface area contributed by atoms with E-state index in [1.165, 1.54) is 6.07 Å². The first-order chi connectivity index (χ1) is 15.3. The zero-order valence-corrected chi connectivity index (χ0v) is 17.8. The Morgan fingerprint density at radius 1 is 1.22 bits per heavy atom. The van der Waals surface area contributed by atoms with Crippen molar-refractivity contribution in [3.8, 4) is 0 Å². The summed E-state index contributed by atoms with van der Waals surface area (Å²) in [6, 6.07) is 9.67. The second kappa shape index (κ2) is 9.28. The number of hydrogen-bond donors (Lipinski definition) is 0. The number of carbonyl (C=O) groups excluding carboxylic acids is 1. The molecule has 0 aliphatic carbocycles. The fourth-order valence-corrected chi connectivity index (χ4v) is 4.16. The molecule has 1 aromatic carbocycles. The minimum absolute atomic E-state index is 0.212. The molecule has 1 atom stereocenters. The van der Waals surface area contributed by atoms with E-state index in [1.54, 1.807) is 41.6 Å². The van der Waals surface area contributed by atoms with Crippen molar-refractivity contribution in [2.75, 3.05) is 19.8 Å². The number of rotatable bonds is 6. The Kier molecular flexibility index (Phi) is 6.45. The summed E-state index contributed by atoms with van der Waals surface area (Å²) in [4.78, 5) is 23.0. The van der Waals surface area contributed by atoms with Crippen LogP contribution in [0, 0.1) is 5.92 Å². The maximum absolute atomic E-state index is 13.7. The van der Waals surface area contributed by atoms with Gasteiger partial charge in [-0.2, -0.15) is 13.2 Å². The summed E-state index contributed by atoms with van der Waals surface area (Å²) < 4.78 is 47.5. The van der Waals surface area contributed by atoms with Crippen LogP contribution in [0.5, 0.6) is 0 Å². The average Bonchev–Trinajstić information content (AvgIpc) is 3.17. The molecule has 0 spiro atoms. The minimum atomic E-state index is -4.67. The molecule has 0 N–H and O–H groups in total. The number of para-hydroxylation sites is 2. The van der Waals surface area contributed by atoms with Crippen LogP contribution in [0.4, 0.5) is 13.2 Å². The number of alkyl halides is 3. The molecule has 2 aromatic heterocycles. The molecule has 3 aromatic rings. The van der Waals surface area contributed by atoms with Crippen LogP contribution in [0.3, 0.4) is 0 Å². The molecule has 0 bridgehead atoms. The molecule has 1 amide bonds. The van der Waals surface area contributed by atoms with E-state index in [-0.39, 0.29) is 28.9 Å². The summed E-state index contributed by atoms with van der Waals surface area (Å²) in [6.07, 6.45) is 0.285. The lowest BCUT2D eigenvalue weighted by Crippen LogP contribution is -2.41. The number of carbonyl (C=O) groups is 1. The van der Waals surface area contributed by atoms with Crippen molar-refractivity contribution >= 4 is 16.9 Å². The van der Waals surface area contributed by atoms with E-state index in [4.69, 9.17) is 4.74 Å². The van der Waals surface area contributed by atoms with Crippen LogP contribution in [-0.2, 0) is 22.3 Å². The number of nitrogens with zero attached hydrogens (tertiary/aromatic N) is 4. The first-order valence-electron chi connectivity index (χ1n) is 10.6. The monoisotopic (exact) mass is 446 g/mol. The Morgan fingerprint density at radius 2 is 1.97 bits per heavy atom. The first kappa shape index (κ1) is 22.3. The van der Waals surface area contributed by atoms with Gasteiger partial charge in [-0.15, -0.1) is 0 Å². The van der Waals surface area contributed by atoms with Gasteiger partial charge in [0.1, 0.15) is 6.54 Å². The number of ether oxygens (including phenoxy) is 1. The molecule has 9 heteroatoms. The third-order valence-corrected chi connectivity index (χ3v) is 5.95. The highest BCUT2D eigenvalue weighted by Gasteiger charge is 2.38. The fraction of sp³-hybridized carbons (Fsp3) is 0.435. The molecule has 1 saturated heterocycles. The highest BCUT2D eigenvalue weighted by Crippen LogP contribution is 2.32. The molecule has 3 heterocycles. The van der Waals surface area contributed by atoms with Crippen molar-refractivity contribution in [3.63, 3.8) is 0 Å². The van der Waals surface area contributed by atoms with E-state index in [0.29, 0.717) is 19.8 Å². The van der Waals surface area contributed by atoms with Crippen LogP contribution in [0.15, 0.2) is 48.8 Å². The number of hydrogen-bond acceptors (Lipinski definition) is 4. The zero-order valence-electron chi connectivity index (χ0n) is 17.8. The second-order valence-corrected chi connectivity index (χ2v) is 8.07. The number of pyridine rings is 1. The van der Waals surface area contributed by atoms with Crippen LogP contribution in [0.1, 0.15) is 37.2 Å². The fourth-order valence-electron chi connectivity index (χ4n) is 4.16. The third-order valence-electron chi connectivity index (χ3n) is 5.95. The largest absolute Gasteiger partial charge is 0.449 e. The highest BCUT2D eigenvalue weighted by molar-refractivity contribution is 5.81. The molecule has 1 aliphatic heterocycles. The van der Waals surface area contributed by atoms with Crippen LogP contribution in [-0.4, -0.2) is 45.1 Å². The third kappa shape index (κ3) is 4.77. The van der Waals surface area contributed by atoms with Crippen LogP contribution in [0.25, 0.3) is 11.0 Å². The first-order valence-corrected chi connectivity index (χ1v) is 10.6. The summed E-state index contributed by atoms with van der Waals surface area (Å²) in [5.41, 5.74) is 1.33. The van der Waals surface area contributed by atoms with Gasteiger partial charge in [0.2, 0.25) is 11.7 Å². The summed E-state index contributed by atoms with van der Waals surface area (Å²) in [7, 11) is 0. The smallest absolute Gasteiger partial charge is 0.381 e. The second-order valence-electron chi connectivity index (χ2n) is 8.07. The topological polar surface area (TPSA) is 60.3 Å². The van der Waals surface area contributed by atoms with Crippen molar-refractivity contribution in [2.24, 2.45) is 5.92 Å². The molecule has 1 fully saturated rings. The number of amides is 1. The predicted octanol–water partition coefficient (Wildman–Crippen LogP) is 4.47. The Labute approximate surface area is 184 Å². The maximum atomic E-state index is 13.7. The van der Waals surface area contributed by atoms with Crippen molar-refractivity contribution in [1.82, 2.24) is 19.4 Å². The van der Waals surface area contributed by atoms with Crippen molar-refractivity contribution in [1.29, 1.82) is 0 Å². The number of imidazole rings is 1. The molecule has 1 aliphatic rings. The van der Waals surface area contributed by atoms with E-state index in [0.717, 1.165) is 23.0 Å². The number of halogens is 3. The normalized spacial score (nSPS) is 16.2. The summed E-state index contributed by atoms with van der Waals surface area (Å²) in [5.74, 6) is -1.22. The van der Waals surface area contributed by atoms with Gasteiger partial charge in [-0.05, 0) is 49.4 Å². The standard InChI is InChI=1S/C23H25F3N4O2/c1-16(18-5-4-10-27-13-18)29(14-17-8-11-32-12-9-17)21(31)15-30-20-7-3-2-6-19(20)28-22(30)23(24,25)26/h2-7,10,13,16-17H,8-9,11-12,14-15H2,1H3/t16-/m0/s1. The SMILES string of the molecule is C[C@@H](c1cccnc1)N(CC1CCOCC1)C(=O)Cn1c(C(F)(F)F)nc2ccccc21. The molecule has 0 unspecified atom stereocenters. The zero-order chi connectivity index (χ0) is 22.7. The summed E-state index contributed by atoms with van der Waals surface area (Å²) in [5, 5.41) is 0. The Morgan fingerprint density at radius 3 is 2.66 bits per heavy atom. The van der Waals surface area contributed by atoms with Crippen molar-refractivity contribution < 1.29 is 22.7 Å². The predicted molar refractivity (Wildman–Crippen MR) is 113 cm³/mol. The van der Waals surface area contributed by atoms with Gasteiger partial charge in [0.25, 0.3) is 0 Å². The van der Waals surface area contributed by atoms with E-state index >= 15 is 0 Å². The molecule has 32 heavy (non-hydrogen) atoms. The lowest BCUT2D eigenvalue weighted by atomic mass is 9.98. The molecule has 170 valence electrons. The van der Waals surface area contributed by atoms with Crippen molar-refractivity contribution in [3.05, 3.63) is 60.2 Å². The maximum Gasteiger partial charge on any atom is 0.449 e. The summed E-state index contributed by atoms with van der Waals surface area (Å²) in [6.45, 7) is 3.14. The lowest BCUT2D eigenvalue weighted by Gasteiger charge is -2.34. The molecule has 6 nitrogen and oxygen atoms in total. The molecule has 0 radical (unpaired) electrons. The van der Waals surface area contributed by atoms with Gasteiger partial charge in [0.05, 0.1) is 17.1 Å². The quantitative estimate of drug-likeness (QED) is 0.561. The van der Waals surface area contributed by atoms with E-state index in [2.05, 4.69) is 9.97 Å². The van der Waals surface area contributed by atoms with E-state index in [1.807, 2.05) is 13.0 Å². The van der Waals surface area contributed by atoms with Gasteiger partial charge < -0.3 is 14.2 Å². The number of benzene rings is 1. The average molecular weight is 446 g/mol. The van der Waals surface area contributed by atoms with Crippen LogP contribution < -0.4 is 0 Å². The van der Waals surface area contributed by atoms with Gasteiger partial charge in [-0.3, -0.25) is 9.78 Å². The molecular weight excluding hydrogens is 421 g/mol. The molecule has 4 rings (SSSR count). The lowest BCUT2D eigenvalue weighted by molar-refractivity contribution is -0.148. The Hall–Kier alpha value is -2.94. The van der Waals surface area contributed by atoms with E-state index < -0.39 is 18.5 Å². The van der Waals surface area contributed by atoms with Gasteiger partial charge in [0, 0.05) is 32.2 Å². The minimum Gasteiger partial charge on any atom is -0.381 e.